The number of aromatic amines is 1. The number of para-hydroxylation sites is 1. The van der Waals surface area contributed by atoms with E-state index >= 15 is 0 Å². The Kier molecular flexibility index (Phi) is 4.65. The number of benzene rings is 2. The number of rotatable bonds is 4. The van der Waals surface area contributed by atoms with Gasteiger partial charge in [-0.2, -0.15) is 5.10 Å². The Morgan fingerprint density at radius 2 is 1.68 bits per heavy atom. The van der Waals surface area contributed by atoms with Crippen LogP contribution in [-0.2, 0) is 0 Å². The van der Waals surface area contributed by atoms with E-state index < -0.39 is 11.8 Å². The molecule has 2 amide bonds. The van der Waals surface area contributed by atoms with Crippen molar-refractivity contribution in [2.75, 3.05) is 0 Å². The first-order valence-corrected chi connectivity index (χ1v) is 7.85. The minimum atomic E-state index is -0.495. The van der Waals surface area contributed by atoms with Crippen LogP contribution in [0.4, 0.5) is 0 Å². The van der Waals surface area contributed by atoms with Crippen molar-refractivity contribution in [3.63, 3.8) is 0 Å². The van der Waals surface area contributed by atoms with Crippen molar-refractivity contribution in [2.45, 2.75) is 20.0 Å². The van der Waals surface area contributed by atoms with Crippen LogP contribution in [0.15, 0.2) is 48.5 Å². The van der Waals surface area contributed by atoms with E-state index in [4.69, 9.17) is 4.74 Å². The Hall–Kier alpha value is -3.35. The number of amides is 2. The molecule has 0 saturated carbocycles. The molecule has 1 heterocycles. The third kappa shape index (κ3) is 3.77. The van der Waals surface area contributed by atoms with Gasteiger partial charge in [0, 0.05) is 10.9 Å². The standard InChI is InChI=1S/C18H18N4O3/c1-11(2)25-13-9-7-12(8-10-13)17(23)21-22-18(24)16-14-5-3-4-6-15(14)19-20-16/h3-11H,1-2H3,(H,19,20)(H,21,23)(H,22,24). The van der Waals surface area contributed by atoms with Gasteiger partial charge in [0.15, 0.2) is 5.69 Å². The lowest BCUT2D eigenvalue weighted by molar-refractivity contribution is 0.0844. The fourth-order valence-electron chi connectivity index (χ4n) is 2.34. The smallest absolute Gasteiger partial charge is 0.290 e. The molecule has 0 aliphatic heterocycles. The highest BCUT2D eigenvalue weighted by Gasteiger charge is 2.15. The molecule has 0 saturated heterocycles. The minimum Gasteiger partial charge on any atom is -0.491 e. The largest absolute Gasteiger partial charge is 0.491 e. The fraction of sp³-hybridized carbons (Fsp3) is 0.167. The summed E-state index contributed by atoms with van der Waals surface area (Å²) in [6.07, 6.45) is 0.0580. The molecule has 3 rings (SSSR count). The number of nitrogens with one attached hydrogen (secondary N) is 3. The highest BCUT2D eigenvalue weighted by molar-refractivity contribution is 6.05. The zero-order valence-electron chi connectivity index (χ0n) is 13.9. The SMILES string of the molecule is CC(C)Oc1ccc(C(=O)NNC(=O)c2n[nH]c3ccccc23)cc1. The maximum absolute atomic E-state index is 12.2. The maximum atomic E-state index is 12.2. The highest BCUT2D eigenvalue weighted by Crippen LogP contribution is 2.15. The maximum Gasteiger partial charge on any atom is 0.290 e. The Labute approximate surface area is 144 Å². The molecule has 1 aromatic heterocycles. The third-order valence-electron chi connectivity index (χ3n) is 3.46. The highest BCUT2D eigenvalue weighted by atomic mass is 16.5. The monoisotopic (exact) mass is 338 g/mol. The van der Waals surface area contributed by atoms with E-state index in [1.807, 2.05) is 32.0 Å². The summed E-state index contributed by atoms with van der Waals surface area (Å²) in [5.41, 5.74) is 6.12. The number of carbonyl (C=O) groups excluding carboxylic acids is 2. The molecule has 0 radical (unpaired) electrons. The Morgan fingerprint density at radius 1 is 1.00 bits per heavy atom. The van der Waals surface area contributed by atoms with E-state index in [2.05, 4.69) is 21.0 Å². The van der Waals surface area contributed by atoms with Gasteiger partial charge in [0.2, 0.25) is 0 Å². The van der Waals surface area contributed by atoms with Crippen molar-refractivity contribution < 1.29 is 14.3 Å². The van der Waals surface area contributed by atoms with Crippen molar-refractivity contribution in [3.05, 3.63) is 59.8 Å². The third-order valence-corrected chi connectivity index (χ3v) is 3.46. The molecule has 0 fully saturated rings. The Balaban J connectivity index is 1.63. The van der Waals surface area contributed by atoms with E-state index in [9.17, 15) is 9.59 Å². The normalized spacial score (nSPS) is 10.7. The summed E-state index contributed by atoms with van der Waals surface area (Å²) in [6, 6.07) is 13.9. The molecule has 2 aromatic carbocycles. The van der Waals surface area contributed by atoms with E-state index in [1.54, 1.807) is 30.3 Å². The second-order valence-corrected chi connectivity index (χ2v) is 5.72. The number of ether oxygens (including phenoxy) is 1. The first-order chi connectivity index (χ1) is 12.0. The van der Waals surface area contributed by atoms with Crippen molar-refractivity contribution in [1.82, 2.24) is 21.0 Å². The van der Waals surface area contributed by atoms with Crippen LogP contribution in [0, 0.1) is 0 Å². The van der Waals surface area contributed by atoms with Gasteiger partial charge >= 0.3 is 0 Å². The van der Waals surface area contributed by atoms with E-state index in [-0.39, 0.29) is 11.8 Å². The summed E-state index contributed by atoms with van der Waals surface area (Å²) >= 11 is 0. The molecular formula is C18H18N4O3. The van der Waals surface area contributed by atoms with Crippen LogP contribution in [0.25, 0.3) is 10.9 Å². The molecule has 3 N–H and O–H groups in total. The second kappa shape index (κ2) is 7.04. The molecule has 25 heavy (non-hydrogen) atoms. The summed E-state index contributed by atoms with van der Waals surface area (Å²) < 4.78 is 5.52. The lowest BCUT2D eigenvalue weighted by Gasteiger charge is -2.10. The van der Waals surface area contributed by atoms with Crippen molar-refractivity contribution >= 4 is 22.7 Å². The van der Waals surface area contributed by atoms with Crippen molar-refractivity contribution in [3.8, 4) is 5.75 Å². The van der Waals surface area contributed by atoms with Crippen molar-refractivity contribution in [1.29, 1.82) is 0 Å². The summed E-state index contributed by atoms with van der Waals surface area (Å²) in [4.78, 5) is 24.3. The summed E-state index contributed by atoms with van der Waals surface area (Å²) in [6.45, 7) is 3.85. The molecule has 7 nitrogen and oxygen atoms in total. The molecule has 0 aliphatic carbocycles. The quantitative estimate of drug-likeness (QED) is 0.637. The Bertz CT molecular complexity index is 900. The summed E-state index contributed by atoms with van der Waals surface area (Å²) in [5.74, 6) is -0.242. The molecule has 128 valence electrons. The van der Waals surface area contributed by atoms with Crippen LogP contribution < -0.4 is 15.6 Å². The number of hydrazine groups is 1. The first kappa shape index (κ1) is 16.5. The predicted octanol–water partition coefficient (Wildman–Crippen LogP) is 2.42. The van der Waals surface area contributed by atoms with Crippen LogP contribution in [-0.4, -0.2) is 28.1 Å². The van der Waals surface area contributed by atoms with Gasteiger partial charge in [-0.3, -0.25) is 25.5 Å². The van der Waals surface area contributed by atoms with Gasteiger partial charge in [-0.1, -0.05) is 18.2 Å². The van der Waals surface area contributed by atoms with Crippen LogP contribution >= 0.6 is 0 Å². The second-order valence-electron chi connectivity index (χ2n) is 5.72. The number of nitrogens with zero attached hydrogens (tertiary/aromatic N) is 1. The average molecular weight is 338 g/mol. The van der Waals surface area contributed by atoms with E-state index in [0.717, 1.165) is 5.52 Å². The van der Waals surface area contributed by atoms with E-state index in [0.29, 0.717) is 16.7 Å². The van der Waals surface area contributed by atoms with Gasteiger partial charge < -0.3 is 4.74 Å². The average Bonchev–Trinajstić information content (AvgIpc) is 3.03. The summed E-state index contributed by atoms with van der Waals surface area (Å²) in [5, 5.41) is 7.44. The molecule has 3 aromatic rings. The number of aromatic nitrogens is 2. The Morgan fingerprint density at radius 3 is 2.40 bits per heavy atom. The molecular weight excluding hydrogens is 320 g/mol. The lowest BCUT2D eigenvalue weighted by atomic mass is 10.2. The number of H-pyrrole nitrogens is 1. The fourth-order valence-corrected chi connectivity index (χ4v) is 2.34. The van der Waals surface area contributed by atoms with Gasteiger partial charge in [0.25, 0.3) is 11.8 Å². The molecule has 0 bridgehead atoms. The zero-order chi connectivity index (χ0) is 17.8. The minimum absolute atomic E-state index is 0.0580. The van der Waals surface area contributed by atoms with Crippen LogP contribution in [0.1, 0.15) is 34.7 Å². The number of carbonyl (C=O) groups is 2. The summed E-state index contributed by atoms with van der Waals surface area (Å²) in [7, 11) is 0. The lowest BCUT2D eigenvalue weighted by Crippen LogP contribution is -2.41. The van der Waals surface area contributed by atoms with Gasteiger partial charge in [0.1, 0.15) is 5.75 Å². The molecule has 0 spiro atoms. The van der Waals surface area contributed by atoms with Crippen molar-refractivity contribution in [2.24, 2.45) is 0 Å². The van der Waals surface area contributed by atoms with Gasteiger partial charge in [0.05, 0.1) is 11.6 Å². The first-order valence-electron chi connectivity index (χ1n) is 7.85. The van der Waals surface area contributed by atoms with Gasteiger partial charge in [-0.25, -0.2) is 0 Å². The number of fused-ring (bicyclic) bond motifs is 1. The molecule has 7 heteroatoms. The molecule has 0 aliphatic rings. The van der Waals surface area contributed by atoms with Gasteiger partial charge in [-0.15, -0.1) is 0 Å². The number of hydrogen-bond acceptors (Lipinski definition) is 4. The number of hydrogen-bond donors (Lipinski definition) is 3. The predicted molar refractivity (Wildman–Crippen MR) is 93.2 cm³/mol. The zero-order valence-corrected chi connectivity index (χ0v) is 13.9. The van der Waals surface area contributed by atoms with E-state index in [1.165, 1.54) is 0 Å². The van der Waals surface area contributed by atoms with Crippen LogP contribution in [0.3, 0.4) is 0 Å². The topological polar surface area (TPSA) is 96.1 Å². The van der Waals surface area contributed by atoms with Gasteiger partial charge in [-0.05, 0) is 44.2 Å². The van der Waals surface area contributed by atoms with Crippen LogP contribution in [0.2, 0.25) is 0 Å². The molecule has 0 unspecified atom stereocenters. The molecule has 0 atom stereocenters. The van der Waals surface area contributed by atoms with Crippen LogP contribution in [0.5, 0.6) is 5.75 Å².